The lowest BCUT2D eigenvalue weighted by molar-refractivity contribution is -0.138. The van der Waals surface area contributed by atoms with Gasteiger partial charge in [0.25, 0.3) is 10.1 Å². The summed E-state index contributed by atoms with van der Waals surface area (Å²) in [6.45, 7) is 4.76. The summed E-state index contributed by atoms with van der Waals surface area (Å²) in [5.41, 5.74) is -1.48. The van der Waals surface area contributed by atoms with Crippen LogP contribution in [0.3, 0.4) is 0 Å². The van der Waals surface area contributed by atoms with Crippen LogP contribution >= 0.6 is 0 Å². The van der Waals surface area contributed by atoms with E-state index in [1.165, 1.54) is 6.92 Å². The third-order valence-corrected chi connectivity index (χ3v) is 6.28. The number of ketones is 1. The number of hydrogen-bond acceptors (Lipinski definition) is 6. The maximum Gasteiger partial charge on any atom is 0.264 e. The van der Waals surface area contributed by atoms with Gasteiger partial charge in [0.15, 0.2) is 5.78 Å². The Hall–Kier alpha value is -1.02. The number of carbonyl (C=O) groups is 1. The van der Waals surface area contributed by atoms with Crippen molar-refractivity contribution in [3.8, 4) is 0 Å². The smallest absolute Gasteiger partial charge is 0.264 e. The molecule has 23 heavy (non-hydrogen) atoms. The van der Waals surface area contributed by atoms with E-state index in [1.807, 2.05) is 6.92 Å². The van der Waals surface area contributed by atoms with Gasteiger partial charge in [-0.3, -0.25) is 8.98 Å². The average Bonchev–Trinajstić information content (AvgIpc) is 3.18. The monoisotopic (exact) mass is 342 g/mol. The largest absolute Gasteiger partial charge is 0.387 e. The molecule has 3 rings (SSSR count). The number of Topliss-reactive ketones (excluding diaryl/α,β-unsaturated/α-hetero) is 1. The molecule has 1 saturated carbocycles. The average molecular weight is 342 g/mol. The Morgan fingerprint density at radius 2 is 1.91 bits per heavy atom. The van der Waals surface area contributed by atoms with Crippen LogP contribution in [0.1, 0.15) is 33.6 Å². The van der Waals surface area contributed by atoms with Crippen molar-refractivity contribution in [3.05, 3.63) is 22.8 Å². The van der Waals surface area contributed by atoms with Gasteiger partial charge >= 0.3 is 0 Å². The molecule has 1 fully saturated rings. The van der Waals surface area contributed by atoms with Crippen LogP contribution < -0.4 is 0 Å². The van der Waals surface area contributed by atoms with Crippen molar-refractivity contribution in [2.75, 3.05) is 12.9 Å². The molecule has 3 aliphatic rings. The Balaban J connectivity index is 2.07. The molecule has 0 aliphatic heterocycles. The molecule has 0 aromatic rings. The molecule has 6 nitrogen and oxygen atoms in total. The SMILES string of the molecule is CC1=C2C(=C[C@@](C)(COS(C)(=O)=O)C2O)C(=O)[C@](C)(O)C12CC2. The standard InChI is InChI=1S/C16H22O6S/c1-9-11-10(12(17)15(3,19)16(9)5-6-16)7-14(2,13(11)18)8-22-23(4,20)21/h7,13,18-19H,5-6,8H2,1-4H3/t13?,14-,15-/m0/s1. The highest BCUT2D eigenvalue weighted by atomic mass is 32.2. The van der Waals surface area contributed by atoms with Crippen LogP contribution in [-0.2, 0) is 19.1 Å². The van der Waals surface area contributed by atoms with Gasteiger partial charge in [-0.25, -0.2) is 0 Å². The lowest BCUT2D eigenvalue weighted by Gasteiger charge is -2.39. The van der Waals surface area contributed by atoms with Crippen LogP contribution in [0.15, 0.2) is 22.8 Å². The number of fused-ring (bicyclic) bond motifs is 1. The summed E-state index contributed by atoms with van der Waals surface area (Å²) in [5.74, 6) is -0.405. The third kappa shape index (κ3) is 2.17. The summed E-state index contributed by atoms with van der Waals surface area (Å²) in [6.07, 6.45) is 2.87. The number of aliphatic hydroxyl groups is 2. The second-order valence-corrected chi connectivity index (χ2v) is 9.10. The minimum absolute atomic E-state index is 0.254. The van der Waals surface area contributed by atoms with Crippen molar-refractivity contribution in [2.24, 2.45) is 10.8 Å². The minimum atomic E-state index is -3.66. The fraction of sp³-hybridized carbons (Fsp3) is 0.688. The summed E-state index contributed by atoms with van der Waals surface area (Å²) in [7, 11) is -3.66. The number of rotatable bonds is 3. The van der Waals surface area contributed by atoms with E-state index < -0.39 is 38.4 Å². The molecule has 0 aromatic heterocycles. The molecule has 2 N–H and O–H groups in total. The highest BCUT2D eigenvalue weighted by Crippen LogP contribution is 2.65. The Morgan fingerprint density at radius 3 is 2.39 bits per heavy atom. The maximum absolute atomic E-state index is 12.7. The molecule has 0 radical (unpaired) electrons. The summed E-state index contributed by atoms with van der Waals surface area (Å²) in [4.78, 5) is 12.7. The van der Waals surface area contributed by atoms with Crippen LogP contribution in [0.5, 0.6) is 0 Å². The van der Waals surface area contributed by atoms with Gasteiger partial charge in [-0.2, -0.15) is 8.42 Å². The molecule has 0 aromatic carbocycles. The van der Waals surface area contributed by atoms with Gasteiger partial charge in [0.1, 0.15) is 5.60 Å². The highest BCUT2D eigenvalue weighted by Gasteiger charge is 2.66. The first-order valence-corrected chi connectivity index (χ1v) is 9.41. The molecule has 0 saturated heterocycles. The zero-order valence-corrected chi connectivity index (χ0v) is 14.5. The van der Waals surface area contributed by atoms with Crippen molar-refractivity contribution in [1.29, 1.82) is 0 Å². The quantitative estimate of drug-likeness (QED) is 0.732. The fourth-order valence-corrected chi connectivity index (χ4v) is 4.47. The van der Waals surface area contributed by atoms with E-state index in [4.69, 9.17) is 4.18 Å². The molecule has 0 bridgehead atoms. The van der Waals surface area contributed by atoms with Gasteiger partial charge in [0.2, 0.25) is 0 Å². The van der Waals surface area contributed by atoms with Crippen LogP contribution in [0.25, 0.3) is 0 Å². The number of aliphatic hydroxyl groups excluding tert-OH is 1. The Bertz CT molecular complexity index is 753. The molecule has 0 heterocycles. The van der Waals surface area contributed by atoms with E-state index in [1.54, 1.807) is 13.0 Å². The molecule has 3 atom stereocenters. The van der Waals surface area contributed by atoms with Crippen molar-refractivity contribution >= 4 is 15.9 Å². The van der Waals surface area contributed by atoms with Crippen LogP contribution in [0.4, 0.5) is 0 Å². The van der Waals surface area contributed by atoms with Gasteiger partial charge in [-0.15, -0.1) is 0 Å². The fourth-order valence-electron chi connectivity index (χ4n) is 4.00. The summed E-state index contributed by atoms with van der Waals surface area (Å²) < 4.78 is 27.4. The molecule has 128 valence electrons. The predicted molar refractivity (Wildman–Crippen MR) is 83.0 cm³/mol. The highest BCUT2D eigenvalue weighted by molar-refractivity contribution is 7.85. The topological polar surface area (TPSA) is 101 Å². The van der Waals surface area contributed by atoms with Gasteiger partial charge < -0.3 is 10.2 Å². The molecular formula is C16H22O6S. The summed E-state index contributed by atoms with van der Waals surface area (Å²) in [5, 5.41) is 21.5. The van der Waals surface area contributed by atoms with Gasteiger partial charge in [-0.1, -0.05) is 18.6 Å². The van der Waals surface area contributed by atoms with E-state index in [9.17, 15) is 23.4 Å². The van der Waals surface area contributed by atoms with Crippen LogP contribution in [-0.4, -0.2) is 49.0 Å². The van der Waals surface area contributed by atoms with E-state index in [-0.39, 0.29) is 12.2 Å². The first-order valence-electron chi connectivity index (χ1n) is 7.60. The van der Waals surface area contributed by atoms with Gasteiger partial charge in [-0.05, 0) is 32.3 Å². The maximum atomic E-state index is 12.7. The summed E-state index contributed by atoms with van der Waals surface area (Å²) in [6, 6.07) is 0. The van der Waals surface area contributed by atoms with Crippen molar-refractivity contribution in [3.63, 3.8) is 0 Å². The van der Waals surface area contributed by atoms with E-state index in [0.717, 1.165) is 11.8 Å². The van der Waals surface area contributed by atoms with Crippen LogP contribution in [0.2, 0.25) is 0 Å². The van der Waals surface area contributed by atoms with Gasteiger partial charge in [0.05, 0.1) is 19.0 Å². The first kappa shape index (κ1) is 16.8. The molecule has 7 heteroatoms. The van der Waals surface area contributed by atoms with Crippen molar-refractivity contribution in [1.82, 2.24) is 0 Å². The molecule has 0 amide bonds. The Morgan fingerprint density at radius 1 is 1.35 bits per heavy atom. The van der Waals surface area contributed by atoms with Crippen LogP contribution in [0, 0.1) is 10.8 Å². The Labute approximate surface area is 136 Å². The third-order valence-electron chi connectivity index (χ3n) is 5.74. The molecule has 1 spiro atoms. The number of carbonyl (C=O) groups excluding carboxylic acids is 1. The van der Waals surface area contributed by atoms with E-state index in [0.29, 0.717) is 18.4 Å². The molecule has 1 unspecified atom stereocenters. The van der Waals surface area contributed by atoms with E-state index in [2.05, 4.69) is 0 Å². The number of hydrogen-bond donors (Lipinski definition) is 2. The second-order valence-electron chi connectivity index (χ2n) is 7.45. The predicted octanol–water partition coefficient (Wildman–Crippen LogP) is 0.700. The lowest BCUT2D eigenvalue weighted by atomic mass is 9.67. The van der Waals surface area contributed by atoms with E-state index >= 15 is 0 Å². The second kappa shape index (κ2) is 4.53. The van der Waals surface area contributed by atoms with Crippen molar-refractivity contribution in [2.45, 2.75) is 45.3 Å². The summed E-state index contributed by atoms with van der Waals surface area (Å²) >= 11 is 0. The zero-order valence-electron chi connectivity index (χ0n) is 13.7. The molecular weight excluding hydrogens is 320 g/mol. The first-order chi connectivity index (χ1) is 10.4. The minimum Gasteiger partial charge on any atom is -0.387 e. The zero-order chi connectivity index (χ0) is 17.4. The van der Waals surface area contributed by atoms with Crippen molar-refractivity contribution < 1.29 is 27.6 Å². The normalized spacial score (nSPS) is 38.8. The molecule has 3 aliphatic carbocycles. The lowest BCUT2D eigenvalue weighted by Crippen LogP contribution is -2.50. The Kier molecular flexibility index (Phi) is 3.32. The van der Waals surface area contributed by atoms with Gasteiger partial charge in [0, 0.05) is 16.4 Å².